The standard InChI is InChI=1S/C54H36N6/c1-54(2)43-24-9-3-16-35(43)36-31-30-33(32-44(36)54)34-22-15-23-42-41-21-8-14-29-49(41)60(50(34)42)53-56-51(58-45-25-10-4-17-37(45)38-18-5-11-26-46(38)58)55-52(57-53)59-47-27-12-6-19-39(47)40-20-7-13-28-48(40)59/h3-32H,1-2H3. The number of hydrogen-bond donors (Lipinski definition) is 0. The van der Waals surface area contributed by atoms with Gasteiger partial charge in [0.15, 0.2) is 0 Å². The van der Waals surface area contributed by atoms with E-state index in [1.54, 1.807) is 0 Å². The van der Waals surface area contributed by atoms with Crippen LogP contribution in [0.3, 0.4) is 0 Å². The van der Waals surface area contributed by atoms with Crippen LogP contribution in [-0.2, 0) is 5.41 Å². The maximum atomic E-state index is 5.52. The summed E-state index contributed by atoms with van der Waals surface area (Å²) in [7, 11) is 0. The zero-order valence-corrected chi connectivity index (χ0v) is 33.0. The molecule has 0 amide bonds. The van der Waals surface area contributed by atoms with Crippen LogP contribution in [-0.4, -0.2) is 28.7 Å². The first-order valence-electron chi connectivity index (χ1n) is 20.6. The highest BCUT2D eigenvalue weighted by atomic mass is 15.3. The molecule has 4 heterocycles. The van der Waals surface area contributed by atoms with Crippen molar-refractivity contribution in [3.8, 4) is 40.1 Å². The van der Waals surface area contributed by atoms with Crippen molar-refractivity contribution in [2.45, 2.75) is 19.3 Å². The minimum Gasteiger partial charge on any atom is -0.278 e. The van der Waals surface area contributed by atoms with Crippen molar-refractivity contribution in [1.82, 2.24) is 28.7 Å². The largest absolute Gasteiger partial charge is 0.278 e. The van der Waals surface area contributed by atoms with Gasteiger partial charge in [-0.2, -0.15) is 15.0 Å². The normalized spacial score (nSPS) is 13.3. The third-order valence-electron chi connectivity index (χ3n) is 12.9. The van der Waals surface area contributed by atoms with Gasteiger partial charge in [-0.3, -0.25) is 13.7 Å². The topological polar surface area (TPSA) is 53.5 Å². The Labute approximate surface area is 345 Å². The van der Waals surface area contributed by atoms with Crippen LogP contribution >= 0.6 is 0 Å². The SMILES string of the molecule is CC1(C)c2ccccc2-c2ccc(-c3cccc4c5ccccc5n(-c5nc(-n6c7ccccc7c7ccccc76)nc(-n6c7ccccc7c7ccccc76)n5)c34)cc21. The molecule has 0 unspecified atom stereocenters. The fourth-order valence-electron chi connectivity index (χ4n) is 10.3. The highest BCUT2D eigenvalue weighted by Gasteiger charge is 2.35. The van der Waals surface area contributed by atoms with E-state index in [9.17, 15) is 0 Å². The van der Waals surface area contributed by atoms with Gasteiger partial charge in [-0.05, 0) is 64.2 Å². The fourth-order valence-corrected chi connectivity index (χ4v) is 10.3. The van der Waals surface area contributed by atoms with Crippen LogP contribution < -0.4 is 0 Å². The van der Waals surface area contributed by atoms with Gasteiger partial charge in [-0.25, -0.2) is 0 Å². The van der Waals surface area contributed by atoms with E-state index in [4.69, 9.17) is 15.0 Å². The Balaban J connectivity index is 1.15. The molecule has 0 aliphatic heterocycles. The zero-order valence-electron chi connectivity index (χ0n) is 33.0. The monoisotopic (exact) mass is 768 g/mol. The molecule has 1 aliphatic rings. The lowest BCUT2D eigenvalue weighted by Gasteiger charge is -2.22. The molecule has 60 heavy (non-hydrogen) atoms. The van der Waals surface area contributed by atoms with Crippen molar-refractivity contribution >= 4 is 65.4 Å². The molecule has 0 spiro atoms. The second kappa shape index (κ2) is 12.1. The summed E-state index contributed by atoms with van der Waals surface area (Å²) in [5.41, 5.74) is 13.7. The first-order chi connectivity index (χ1) is 29.5. The van der Waals surface area contributed by atoms with Crippen LogP contribution in [0, 0.1) is 0 Å². The maximum Gasteiger partial charge on any atom is 0.241 e. The van der Waals surface area contributed by atoms with E-state index in [2.05, 4.69) is 210 Å². The minimum atomic E-state index is -0.134. The summed E-state index contributed by atoms with van der Waals surface area (Å²) in [5, 5.41) is 6.87. The van der Waals surface area contributed by atoms with E-state index in [0.29, 0.717) is 17.8 Å². The summed E-state index contributed by atoms with van der Waals surface area (Å²) in [5.74, 6) is 1.65. The average Bonchev–Trinajstić information content (AvgIpc) is 4.00. The predicted molar refractivity (Wildman–Crippen MR) is 246 cm³/mol. The van der Waals surface area contributed by atoms with Crippen LogP contribution in [0.2, 0.25) is 0 Å². The van der Waals surface area contributed by atoms with Gasteiger partial charge in [0.2, 0.25) is 17.8 Å². The molecule has 0 saturated heterocycles. The van der Waals surface area contributed by atoms with Crippen molar-refractivity contribution in [2.24, 2.45) is 0 Å². The lowest BCUT2D eigenvalue weighted by molar-refractivity contribution is 0.660. The number of hydrogen-bond acceptors (Lipinski definition) is 3. The number of rotatable bonds is 4. The summed E-state index contributed by atoms with van der Waals surface area (Å²) in [4.78, 5) is 16.5. The van der Waals surface area contributed by atoms with Gasteiger partial charge in [0.05, 0.1) is 33.1 Å². The number of nitrogens with zero attached hydrogens (tertiary/aromatic N) is 6. The molecule has 0 radical (unpaired) electrons. The molecule has 1 aliphatic carbocycles. The van der Waals surface area contributed by atoms with Crippen LogP contribution in [0.1, 0.15) is 25.0 Å². The van der Waals surface area contributed by atoms with Crippen LogP contribution in [0.4, 0.5) is 0 Å². The molecule has 4 aromatic heterocycles. The molecule has 0 saturated carbocycles. The summed E-state index contributed by atoms with van der Waals surface area (Å²) < 4.78 is 6.66. The van der Waals surface area contributed by atoms with E-state index in [0.717, 1.165) is 76.5 Å². The number of aromatic nitrogens is 6. The molecule has 0 fully saturated rings. The van der Waals surface area contributed by atoms with Crippen molar-refractivity contribution in [3.63, 3.8) is 0 Å². The molecule has 0 atom stereocenters. The third-order valence-corrected chi connectivity index (χ3v) is 12.9. The second-order valence-electron chi connectivity index (χ2n) is 16.5. The van der Waals surface area contributed by atoms with Crippen molar-refractivity contribution < 1.29 is 0 Å². The molecule has 6 nitrogen and oxygen atoms in total. The Morgan fingerprint density at radius 3 is 1.25 bits per heavy atom. The first kappa shape index (κ1) is 33.2. The van der Waals surface area contributed by atoms with Crippen molar-refractivity contribution in [1.29, 1.82) is 0 Å². The van der Waals surface area contributed by atoms with Gasteiger partial charge in [0.1, 0.15) is 0 Å². The Kier molecular flexibility index (Phi) is 6.69. The number of para-hydroxylation sites is 6. The lowest BCUT2D eigenvalue weighted by Crippen LogP contribution is -2.15. The fraction of sp³-hybridized carbons (Fsp3) is 0.0556. The summed E-state index contributed by atoms with van der Waals surface area (Å²) in [6.07, 6.45) is 0. The van der Waals surface area contributed by atoms with Gasteiger partial charge >= 0.3 is 0 Å². The quantitative estimate of drug-likeness (QED) is 0.179. The predicted octanol–water partition coefficient (Wildman–Crippen LogP) is 13.1. The Hall–Kier alpha value is -7.83. The van der Waals surface area contributed by atoms with E-state index >= 15 is 0 Å². The van der Waals surface area contributed by atoms with Crippen molar-refractivity contribution in [3.05, 3.63) is 193 Å². The summed E-state index contributed by atoms with van der Waals surface area (Å²) in [6.45, 7) is 4.69. The van der Waals surface area contributed by atoms with Crippen LogP contribution in [0.5, 0.6) is 0 Å². The summed E-state index contributed by atoms with van der Waals surface area (Å²) in [6, 6.07) is 65.2. The first-order valence-corrected chi connectivity index (χ1v) is 20.6. The molecular formula is C54H36N6. The van der Waals surface area contributed by atoms with E-state index in [1.165, 1.54) is 22.3 Å². The zero-order chi connectivity index (χ0) is 39.7. The van der Waals surface area contributed by atoms with E-state index in [-0.39, 0.29) is 5.41 Å². The highest BCUT2D eigenvalue weighted by molar-refractivity contribution is 6.14. The van der Waals surface area contributed by atoms with Gasteiger partial charge in [-0.15, -0.1) is 0 Å². The molecular weight excluding hydrogens is 733 g/mol. The molecule has 0 N–H and O–H groups in total. The number of fused-ring (bicyclic) bond motifs is 12. The lowest BCUT2D eigenvalue weighted by atomic mass is 9.81. The highest BCUT2D eigenvalue weighted by Crippen LogP contribution is 2.50. The van der Waals surface area contributed by atoms with Crippen LogP contribution in [0.15, 0.2) is 182 Å². The average molecular weight is 769 g/mol. The minimum absolute atomic E-state index is 0.134. The Morgan fingerprint density at radius 1 is 0.333 bits per heavy atom. The van der Waals surface area contributed by atoms with Gasteiger partial charge in [-0.1, -0.05) is 159 Å². The smallest absolute Gasteiger partial charge is 0.241 e. The molecule has 282 valence electrons. The molecule has 13 rings (SSSR count). The van der Waals surface area contributed by atoms with E-state index < -0.39 is 0 Å². The molecule has 8 aromatic carbocycles. The second-order valence-corrected chi connectivity index (χ2v) is 16.5. The molecule has 12 aromatic rings. The van der Waals surface area contributed by atoms with Crippen molar-refractivity contribution in [2.75, 3.05) is 0 Å². The third kappa shape index (κ3) is 4.45. The summed E-state index contributed by atoms with van der Waals surface area (Å²) >= 11 is 0. The Morgan fingerprint density at radius 2 is 0.717 bits per heavy atom. The van der Waals surface area contributed by atoms with Crippen LogP contribution in [0.25, 0.3) is 106 Å². The van der Waals surface area contributed by atoms with Gasteiger partial charge in [0.25, 0.3) is 0 Å². The van der Waals surface area contributed by atoms with Gasteiger partial charge < -0.3 is 0 Å². The Bertz CT molecular complexity index is 3530. The maximum absolute atomic E-state index is 5.52. The molecule has 6 heteroatoms. The number of benzene rings is 8. The molecule has 0 bridgehead atoms. The van der Waals surface area contributed by atoms with Gasteiger partial charge in [0, 0.05) is 43.3 Å². The van der Waals surface area contributed by atoms with E-state index in [1.807, 2.05) is 0 Å².